The van der Waals surface area contributed by atoms with Gasteiger partial charge in [-0.2, -0.15) is 0 Å². The first kappa shape index (κ1) is 9.47. The van der Waals surface area contributed by atoms with Crippen LogP contribution < -0.4 is 5.73 Å². The van der Waals surface area contributed by atoms with Gasteiger partial charge in [-0.1, -0.05) is 19.3 Å². The monoisotopic (exact) mass is 183 g/mol. The maximum atomic E-state index is 6.00. The van der Waals surface area contributed by atoms with E-state index in [9.17, 15) is 0 Å². The molecule has 2 N–H and O–H groups in total. The van der Waals surface area contributed by atoms with Crippen molar-refractivity contribution in [2.75, 3.05) is 6.61 Å². The van der Waals surface area contributed by atoms with Gasteiger partial charge in [-0.3, -0.25) is 0 Å². The van der Waals surface area contributed by atoms with Crippen LogP contribution in [-0.4, -0.2) is 18.8 Å². The molecule has 0 aromatic carbocycles. The van der Waals surface area contributed by atoms with Crippen molar-refractivity contribution in [3.8, 4) is 0 Å². The lowest BCUT2D eigenvalue weighted by atomic mass is 9.86. The van der Waals surface area contributed by atoms with E-state index >= 15 is 0 Å². The van der Waals surface area contributed by atoms with Gasteiger partial charge in [0.05, 0.1) is 6.10 Å². The standard InChI is InChI=1S/C11H21NO/c12-10-6-1-2-7-11(10)13-8-9-4-3-5-9/h9-11H,1-8,12H2. The number of hydrogen-bond donors (Lipinski definition) is 1. The third-order valence-electron chi connectivity index (χ3n) is 3.52. The summed E-state index contributed by atoms with van der Waals surface area (Å²) in [6.45, 7) is 0.971. The van der Waals surface area contributed by atoms with Crippen LogP contribution in [0.2, 0.25) is 0 Å². The molecule has 76 valence electrons. The fourth-order valence-electron chi connectivity index (χ4n) is 2.25. The molecule has 0 spiro atoms. The van der Waals surface area contributed by atoms with Gasteiger partial charge in [-0.05, 0) is 31.6 Å². The fraction of sp³-hybridized carbons (Fsp3) is 1.00. The molecule has 2 saturated carbocycles. The van der Waals surface area contributed by atoms with Crippen molar-refractivity contribution in [2.45, 2.75) is 57.1 Å². The van der Waals surface area contributed by atoms with E-state index in [2.05, 4.69) is 0 Å². The first-order valence-corrected chi connectivity index (χ1v) is 5.73. The van der Waals surface area contributed by atoms with Crippen molar-refractivity contribution in [3.05, 3.63) is 0 Å². The van der Waals surface area contributed by atoms with Gasteiger partial charge in [-0.15, -0.1) is 0 Å². The van der Waals surface area contributed by atoms with Crippen molar-refractivity contribution in [1.82, 2.24) is 0 Å². The molecular formula is C11H21NO. The van der Waals surface area contributed by atoms with E-state index in [4.69, 9.17) is 10.5 Å². The molecule has 2 rings (SSSR count). The lowest BCUT2D eigenvalue weighted by molar-refractivity contribution is -0.0175. The van der Waals surface area contributed by atoms with E-state index in [0.717, 1.165) is 18.9 Å². The zero-order valence-electron chi connectivity index (χ0n) is 8.37. The van der Waals surface area contributed by atoms with Gasteiger partial charge in [0.15, 0.2) is 0 Å². The second-order valence-electron chi connectivity index (χ2n) is 4.62. The minimum atomic E-state index is 0.314. The van der Waals surface area contributed by atoms with Crippen LogP contribution in [0.3, 0.4) is 0 Å². The van der Waals surface area contributed by atoms with Crippen LogP contribution in [0.4, 0.5) is 0 Å². The average Bonchev–Trinajstić information content (AvgIpc) is 2.05. The summed E-state index contributed by atoms with van der Waals surface area (Å²) in [6.07, 6.45) is 9.49. The number of rotatable bonds is 3. The SMILES string of the molecule is NC1CCCCC1OCC1CCC1. The maximum absolute atomic E-state index is 6.00. The Bertz CT molecular complexity index is 156. The third kappa shape index (κ3) is 2.44. The second-order valence-corrected chi connectivity index (χ2v) is 4.62. The predicted molar refractivity (Wildman–Crippen MR) is 53.5 cm³/mol. The predicted octanol–water partition coefficient (Wildman–Crippen LogP) is 2.07. The summed E-state index contributed by atoms with van der Waals surface area (Å²) in [4.78, 5) is 0. The minimum absolute atomic E-state index is 0.314. The summed E-state index contributed by atoms with van der Waals surface area (Å²) in [5, 5.41) is 0. The van der Waals surface area contributed by atoms with E-state index in [1.807, 2.05) is 0 Å². The van der Waals surface area contributed by atoms with Crippen molar-refractivity contribution in [3.63, 3.8) is 0 Å². The molecule has 2 aliphatic carbocycles. The van der Waals surface area contributed by atoms with Gasteiger partial charge in [0.25, 0.3) is 0 Å². The first-order chi connectivity index (χ1) is 6.36. The van der Waals surface area contributed by atoms with E-state index in [-0.39, 0.29) is 0 Å². The number of ether oxygens (including phenoxy) is 1. The average molecular weight is 183 g/mol. The molecule has 2 nitrogen and oxygen atoms in total. The van der Waals surface area contributed by atoms with Crippen LogP contribution in [0.15, 0.2) is 0 Å². The zero-order valence-corrected chi connectivity index (χ0v) is 8.37. The topological polar surface area (TPSA) is 35.2 Å². The Morgan fingerprint density at radius 3 is 2.38 bits per heavy atom. The highest BCUT2D eigenvalue weighted by atomic mass is 16.5. The van der Waals surface area contributed by atoms with Gasteiger partial charge in [0.1, 0.15) is 0 Å². The van der Waals surface area contributed by atoms with Gasteiger partial charge in [-0.25, -0.2) is 0 Å². The summed E-state index contributed by atoms with van der Waals surface area (Å²) in [5.41, 5.74) is 6.00. The van der Waals surface area contributed by atoms with Gasteiger partial charge < -0.3 is 10.5 Å². The molecule has 0 aliphatic heterocycles. The molecule has 0 aromatic rings. The first-order valence-electron chi connectivity index (χ1n) is 5.73. The molecule has 0 saturated heterocycles. The van der Waals surface area contributed by atoms with Crippen molar-refractivity contribution < 1.29 is 4.74 Å². The highest BCUT2D eigenvalue weighted by Gasteiger charge is 2.25. The van der Waals surface area contributed by atoms with Crippen LogP contribution in [0.5, 0.6) is 0 Å². The third-order valence-corrected chi connectivity index (χ3v) is 3.52. The van der Waals surface area contributed by atoms with Crippen LogP contribution in [-0.2, 0) is 4.74 Å². The summed E-state index contributed by atoms with van der Waals surface area (Å²) in [6, 6.07) is 0.314. The van der Waals surface area contributed by atoms with Crippen LogP contribution in [0, 0.1) is 5.92 Å². The number of nitrogens with two attached hydrogens (primary N) is 1. The maximum Gasteiger partial charge on any atom is 0.0726 e. The van der Waals surface area contributed by atoms with Crippen LogP contribution >= 0.6 is 0 Å². The molecule has 0 amide bonds. The molecule has 2 atom stereocenters. The summed E-state index contributed by atoms with van der Waals surface area (Å²) in [7, 11) is 0. The van der Waals surface area contributed by atoms with Crippen LogP contribution in [0.25, 0.3) is 0 Å². The van der Waals surface area contributed by atoms with Crippen molar-refractivity contribution in [1.29, 1.82) is 0 Å². The zero-order chi connectivity index (χ0) is 9.10. The van der Waals surface area contributed by atoms with Crippen molar-refractivity contribution in [2.24, 2.45) is 11.7 Å². The summed E-state index contributed by atoms with van der Waals surface area (Å²) in [5.74, 6) is 0.856. The molecular weight excluding hydrogens is 162 g/mol. The molecule has 2 unspecified atom stereocenters. The molecule has 2 fully saturated rings. The normalized spacial score (nSPS) is 35.8. The largest absolute Gasteiger partial charge is 0.376 e. The molecule has 0 aromatic heterocycles. The Morgan fingerprint density at radius 2 is 1.77 bits per heavy atom. The van der Waals surface area contributed by atoms with E-state index in [1.165, 1.54) is 38.5 Å². The molecule has 2 heteroatoms. The Kier molecular flexibility index (Phi) is 3.23. The lowest BCUT2D eigenvalue weighted by Gasteiger charge is -2.32. The Labute approximate surface area is 80.8 Å². The Hall–Kier alpha value is -0.0800. The molecule has 0 radical (unpaired) electrons. The Morgan fingerprint density at radius 1 is 1.00 bits per heavy atom. The minimum Gasteiger partial charge on any atom is -0.376 e. The highest BCUT2D eigenvalue weighted by molar-refractivity contribution is 4.79. The van der Waals surface area contributed by atoms with E-state index in [1.54, 1.807) is 0 Å². The molecule has 13 heavy (non-hydrogen) atoms. The second kappa shape index (κ2) is 4.43. The van der Waals surface area contributed by atoms with Crippen molar-refractivity contribution >= 4 is 0 Å². The highest BCUT2D eigenvalue weighted by Crippen LogP contribution is 2.28. The summed E-state index contributed by atoms with van der Waals surface area (Å²) < 4.78 is 5.87. The molecule has 0 heterocycles. The summed E-state index contributed by atoms with van der Waals surface area (Å²) >= 11 is 0. The smallest absolute Gasteiger partial charge is 0.0726 e. The molecule has 0 bridgehead atoms. The lowest BCUT2D eigenvalue weighted by Crippen LogP contribution is -2.40. The van der Waals surface area contributed by atoms with Gasteiger partial charge in [0, 0.05) is 12.6 Å². The molecule has 2 aliphatic rings. The van der Waals surface area contributed by atoms with Gasteiger partial charge >= 0.3 is 0 Å². The Balaban J connectivity index is 1.66. The van der Waals surface area contributed by atoms with Crippen LogP contribution in [0.1, 0.15) is 44.9 Å². The quantitative estimate of drug-likeness (QED) is 0.727. The van der Waals surface area contributed by atoms with Gasteiger partial charge in [0.2, 0.25) is 0 Å². The number of hydrogen-bond acceptors (Lipinski definition) is 2. The van der Waals surface area contributed by atoms with E-state index < -0.39 is 0 Å². The fourth-order valence-corrected chi connectivity index (χ4v) is 2.25. The van der Waals surface area contributed by atoms with E-state index in [0.29, 0.717) is 12.1 Å².